The summed E-state index contributed by atoms with van der Waals surface area (Å²) in [6.07, 6.45) is 0. The molecule has 2 nitrogen and oxygen atoms in total. The molecule has 11 rings (SSSR count). The second-order valence-corrected chi connectivity index (χ2v) is 12.5. The summed E-state index contributed by atoms with van der Waals surface area (Å²) in [6.45, 7) is 0. The number of hydrogen-bond donors (Lipinski definition) is 0. The molecule has 0 atom stereocenters. The fraction of sp³-hybridized carbons (Fsp3) is 0. The molecule has 0 bridgehead atoms. The summed E-state index contributed by atoms with van der Waals surface area (Å²) in [5.74, 6) is 0. The third-order valence-corrected chi connectivity index (χ3v) is 10.2. The highest BCUT2D eigenvalue weighted by Gasteiger charge is 2.28. The molecule has 0 fully saturated rings. The number of nitrogens with zero attached hydrogens (tertiary/aromatic N) is 2. The molecule has 0 unspecified atom stereocenters. The Morgan fingerprint density at radius 3 is 1.72 bits per heavy atom. The Bertz CT molecular complexity index is 2880. The summed E-state index contributed by atoms with van der Waals surface area (Å²) in [5.41, 5.74) is 12.4. The van der Waals surface area contributed by atoms with Crippen LogP contribution in [0.25, 0.3) is 98.8 Å². The smallest absolute Gasteiger partial charge is 0.0554 e. The van der Waals surface area contributed by atoms with Crippen molar-refractivity contribution in [1.82, 2.24) is 9.13 Å². The minimum Gasteiger partial charge on any atom is -0.309 e. The third kappa shape index (κ3) is 2.96. The molecule has 2 heterocycles. The SMILES string of the molecule is c1ccc(-c2cc3c4c5c(cccc5n3-c3cccc5ccccc35)-c3cccc5c3c3c4c2ccc3n5-c2ccccc2)cc1. The first kappa shape index (κ1) is 24.2. The van der Waals surface area contributed by atoms with E-state index in [1.807, 2.05) is 0 Å². The van der Waals surface area contributed by atoms with Crippen LogP contribution in [0.15, 0.2) is 158 Å². The molecule has 0 saturated carbocycles. The van der Waals surface area contributed by atoms with Crippen molar-refractivity contribution in [2.45, 2.75) is 0 Å². The Morgan fingerprint density at radius 1 is 0.326 bits per heavy atom. The average molecular weight is 583 g/mol. The monoisotopic (exact) mass is 582 g/mol. The van der Waals surface area contributed by atoms with E-state index in [0.29, 0.717) is 0 Å². The van der Waals surface area contributed by atoms with Crippen molar-refractivity contribution in [1.29, 1.82) is 0 Å². The van der Waals surface area contributed by atoms with E-state index < -0.39 is 0 Å². The van der Waals surface area contributed by atoms with Gasteiger partial charge in [0.15, 0.2) is 0 Å². The summed E-state index contributed by atoms with van der Waals surface area (Å²) >= 11 is 0. The fourth-order valence-corrected chi connectivity index (χ4v) is 8.42. The second-order valence-electron chi connectivity index (χ2n) is 12.5. The highest BCUT2D eigenvalue weighted by Crippen LogP contribution is 2.53. The lowest BCUT2D eigenvalue weighted by molar-refractivity contribution is 1.18. The molecule has 10 aromatic rings. The van der Waals surface area contributed by atoms with Crippen molar-refractivity contribution in [3.05, 3.63) is 158 Å². The summed E-state index contributed by atoms with van der Waals surface area (Å²) in [6, 6.07) is 58.1. The van der Waals surface area contributed by atoms with E-state index in [2.05, 4.69) is 167 Å². The third-order valence-electron chi connectivity index (χ3n) is 10.2. The zero-order chi connectivity index (χ0) is 29.9. The summed E-state index contributed by atoms with van der Waals surface area (Å²) in [5, 5.41) is 10.5. The van der Waals surface area contributed by atoms with Crippen LogP contribution in [0.4, 0.5) is 0 Å². The topological polar surface area (TPSA) is 9.86 Å². The molecule has 8 aromatic carbocycles. The number of benzene rings is 8. The van der Waals surface area contributed by atoms with Gasteiger partial charge in [-0.2, -0.15) is 0 Å². The summed E-state index contributed by atoms with van der Waals surface area (Å²) in [7, 11) is 0. The quantitative estimate of drug-likeness (QED) is 0.196. The van der Waals surface area contributed by atoms with Gasteiger partial charge >= 0.3 is 0 Å². The lowest BCUT2D eigenvalue weighted by Crippen LogP contribution is -1.96. The minimum atomic E-state index is 1.18. The van der Waals surface area contributed by atoms with Crippen molar-refractivity contribution < 1.29 is 0 Å². The molecular weight excluding hydrogens is 556 g/mol. The van der Waals surface area contributed by atoms with E-state index in [4.69, 9.17) is 0 Å². The number of rotatable bonds is 3. The van der Waals surface area contributed by atoms with Gasteiger partial charge in [-0.25, -0.2) is 0 Å². The Hall–Kier alpha value is -6.12. The predicted molar refractivity (Wildman–Crippen MR) is 195 cm³/mol. The molecule has 0 radical (unpaired) electrons. The zero-order valence-electron chi connectivity index (χ0n) is 24.9. The van der Waals surface area contributed by atoms with Gasteiger partial charge in [-0.3, -0.25) is 0 Å². The molecule has 0 aliphatic heterocycles. The lowest BCUT2D eigenvalue weighted by atomic mass is 9.93. The van der Waals surface area contributed by atoms with Crippen molar-refractivity contribution >= 4 is 65.2 Å². The molecule has 46 heavy (non-hydrogen) atoms. The molecule has 0 saturated heterocycles. The van der Waals surface area contributed by atoms with Crippen molar-refractivity contribution in [2.75, 3.05) is 0 Å². The zero-order valence-corrected chi connectivity index (χ0v) is 24.9. The van der Waals surface area contributed by atoms with E-state index in [0.717, 1.165) is 0 Å². The van der Waals surface area contributed by atoms with Gasteiger partial charge in [0.2, 0.25) is 0 Å². The van der Waals surface area contributed by atoms with Crippen molar-refractivity contribution in [3.8, 4) is 33.6 Å². The van der Waals surface area contributed by atoms with Crippen molar-refractivity contribution in [2.24, 2.45) is 0 Å². The van der Waals surface area contributed by atoms with Crippen LogP contribution < -0.4 is 0 Å². The summed E-state index contributed by atoms with van der Waals surface area (Å²) in [4.78, 5) is 0. The first-order chi connectivity index (χ1) is 22.9. The van der Waals surface area contributed by atoms with Gasteiger partial charge in [0, 0.05) is 38.0 Å². The Morgan fingerprint density at radius 2 is 0.935 bits per heavy atom. The fourth-order valence-electron chi connectivity index (χ4n) is 8.42. The molecule has 0 amide bonds. The highest BCUT2D eigenvalue weighted by molar-refractivity contribution is 6.40. The molecule has 2 heteroatoms. The van der Waals surface area contributed by atoms with Crippen molar-refractivity contribution in [3.63, 3.8) is 0 Å². The van der Waals surface area contributed by atoms with Gasteiger partial charge in [0.25, 0.3) is 0 Å². The van der Waals surface area contributed by atoms with E-state index >= 15 is 0 Å². The largest absolute Gasteiger partial charge is 0.309 e. The summed E-state index contributed by atoms with van der Waals surface area (Å²) < 4.78 is 4.99. The van der Waals surface area contributed by atoms with Crippen LogP contribution in [0.3, 0.4) is 0 Å². The van der Waals surface area contributed by atoms with Crippen LogP contribution in [0.1, 0.15) is 0 Å². The van der Waals surface area contributed by atoms with Crippen LogP contribution in [0, 0.1) is 0 Å². The molecule has 1 aliphatic carbocycles. The van der Waals surface area contributed by atoms with Crippen LogP contribution in [0.2, 0.25) is 0 Å². The van der Waals surface area contributed by atoms with Crippen LogP contribution in [-0.2, 0) is 0 Å². The molecular formula is C44H26N2. The minimum absolute atomic E-state index is 1.18. The number of hydrogen-bond acceptors (Lipinski definition) is 0. The highest BCUT2D eigenvalue weighted by atomic mass is 15.0. The lowest BCUT2D eigenvalue weighted by Gasteiger charge is -2.15. The first-order valence-corrected chi connectivity index (χ1v) is 16.0. The number of aromatic nitrogens is 2. The maximum Gasteiger partial charge on any atom is 0.0554 e. The van der Waals surface area contributed by atoms with Gasteiger partial charge < -0.3 is 9.13 Å². The molecule has 212 valence electrons. The van der Waals surface area contributed by atoms with Crippen LogP contribution in [-0.4, -0.2) is 9.13 Å². The van der Waals surface area contributed by atoms with Crippen LogP contribution in [0.5, 0.6) is 0 Å². The first-order valence-electron chi connectivity index (χ1n) is 16.0. The normalized spacial score (nSPS) is 12.3. The Kier molecular flexibility index (Phi) is 4.61. The molecule has 0 spiro atoms. The van der Waals surface area contributed by atoms with E-state index in [1.165, 1.54) is 98.8 Å². The average Bonchev–Trinajstić information content (AvgIpc) is 3.60. The Balaban J connectivity index is 1.46. The number of para-hydroxylation sites is 1. The maximum absolute atomic E-state index is 2.53. The van der Waals surface area contributed by atoms with E-state index in [1.54, 1.807) is 0 Å². The van der Waals surface area contributed by atoms with Crippen LogP contribution >= 0.6 is 0 Å². The predicted octanol–water partition coefficient (Wildman–Crippen LogP) is 11.8. The Labute approximate surface area is 265 Å². The van der Waals surface area contributed by atoms with Gasteiger partial charge in [-0.1, -0.05) is 115 Å². The van der Waals surface area contributed by atoms with Gasteiger partial charge in [0.05, 0.1) is 27.8 Å². The molecule has 2 aromatic heterocycles. The van der Waals surface area contributed by atoms with Gasteiger partial charge in [-0.05, 0) is 75.5 Å². The van der Waals surface area contributed by atoms with Gasteiger partial charge in [0.1, 0.15) is 0 Å². The second kappa shape index (κ2) is 8.74. The number of fused-ring (bicyclic) bond motifs is 2. The standard InChI is InChI=1S/C44H26N2/c1-3-12-28(13-4-1)34-26-39-44-41-32(20-11-23-37(41)46(39)35-21-9-15-27-14-7-8-18-30(27)35)31-19-10-22-36-40(31)43-38(25-24-33(34)42(43)44)45(36)29-16-5-2-6-17-29/h1-26H. The van der Waals surface area contributed by atoms with E-state index in [9.17, 15) is 0 Å². The molecule has 0 N–H and O–H groups in total. The maximum atomic E-state index is 2.53. The van der Waals surface area contributed by atoms with E-state index in [-0.39, 0.29) is 0 Å². The van der Waals surface area contributed by atoms with Gasteiger partial charge in [-0.15, -0.1) is 0 Å². The molecule has 1 aliphatic rings.